The van der Waals surface area contributed by atoms with Crippen LogP contribution in [0.5, 0.6) is 0 Å². The number of carbonyl (C=O) groups is 2. The quantitative estimate of drug-likeness (QED) is 0.0974. The molecule has 0 aliphatic heterocycles. The zero-order valence-electron chi connectivity index (χ0n) is 37.1. The van der Waals surface area contributed by atoms with Gasteiger partial charge in [0.25, 0.3) is 0 Å². The van der Waals surface area contributed by atoms with E-state index < -0.39 is 0 Å². The molecule has 4 aromatic carbocycles. The van der Waals surface area contributed by atoms with Crippen molar-refractivity contribution in [1.82, 2.24) is 0 Å². The number of allylic oxidation sites excluding steroid dienone is 6. The first-order chi connectivity index (χ1) is 28.7. The fourth-order valence-corrected chi connectivity index (χ4v) is 9.30. The molecule has 0 saturated carbocycles. The normalized spacial score (nSPS) is 14.6. The Morgan fingerprint density at radius 3 is 1.12 bits per heavy atom. The van der Waals surface area contributed by atoms with E-state index in [1.54, 1.807) is 0 Å². The molecule has 6 rings (SSSR count). The molecule has 6 heteroatoms. The average Bonchev–Trinajstić information content (AvgIpc) is 3.22. The van der Waals surface area contributed by atoms with Crippen LogP contribution < -0.4 is 10.6 Å². The summed E-state index contributed by atoms with van der Waals surface area (Å²) in [6, 6.07) is 34.0. The number of fused-ring (bicyclic) bond motifs is 1. The second kappa shape index (κ2) is 20.4. The third kappa shape index (κ3) is 11.9. The Bertz CT molecular complexity index is 2080. The maximum Gasteiger partial charge on any atom is 0.202 e. The van der Waals surface area contributed by atoms with Gasteiger partial charge in [0.15, 0.2) is 0 Å². The van der Waals surface area contributed by atoms with Crippen LogP contribution in [0.2, 0.25) is 0 Å². The van der Waals surface area contributed by atoms with Gasteiger partial charge in [-0.3, -0.25) is 9.59 Å². The summed E-state index contributed by atoms with van der Waals surface area (Å²) in [6.45, 7) is 17.7. The summed E-state index contributed by atoms with van der Waals surface area (Å²) in [5, 5.41) is 7.25. The van der Waals surface area contributed by atoms with Gasteiger partial charge in [0.1, 0.15) is 0 Å². The standard InChI is InChI=1S/C54H64N2O2S2/c1-9-11-13-15-17-37-19-27-41(28-20-37)55-45-35-47(59-43-31-23-39(24-32-43)53(3,4)5)52(58)50-46(56-42-29-21-38(22-30-42)18-16-14-12-10-2)36-48(51(57)49(45)50)60-44-33-25-40(26-34-44)54(6,7)8/h19-36,55-56H,9-18H2,1-8H3. The van der Waals surface area contributed by atoms with Crippen LogP contribution in [0.3, 0.4) is 0 Å². The number of unbranched alkanes of at least 4 members (excludes halogenated alkanes) is 6. The summed E-state index contributed by atoms with van der Waals surface area (Å²) in [7, 11) is 0. The average molecular weight is 837 g/mol. The van der Waals surface area contributed by atoms with Gasteiger partial charge in [-0.15, -0.1) is 0 Å². The van der Waals surface area contributed by atoms with Crippen LogP contribution >= 0.6 is 23.5 Å². The van der Waals surface area contributed by atoms with E-state index in [1.807, 2.05) is 12.2 Å². The van der Waals surface area contributed by atoms with Crippen molar-refractivity contribution in [2.45, 2.75) is 140 Å². The van der Waals surface area contributed by atoms with Gasteiger partial charge in [0.2, 0.25) is 11.6 Å². The van der Waals surface area contributed by atoms with Gasteiger partial charge in [0.05, 0.1) is 32.4 Å². The molecule has 0 bridgehead atoms. The Morgan fingerprint density at radius 2 is 0.800 bits per heavy atom. The van der Waals surface area contributed by atoms with E-state index in [4.69, 9.17) is 0 Å². The molecule has 4 nitrogen and oxygen atoms in total. The minimum Gasteiger partial charge on any atom is -0.355 e. The summed E-state index contributed by atoms with van der Waals surface area (Å²) in [5.74, 6) is -0.331. The van der Waals surface area contributed by atoms with E-state index in [2.05, 4.69) is 163 Å². The molecule has 60 heavy (non-hydrogen) atoms. The van der Waals surface area contributed by atoms with Crippen molar-refractivity contribution >= 4 is 46.5 Å². The van der Waals surface area contributed by atoms with Crippen LogP contribution in [0, 0.1) is 0 Å². The topological polar surface area (TPSA) is 58.2 Å². The van der Waals surface area contributed by atoms with E-state index in [0.717, 1.165) is 34.0 Å². The molecule has 0 spiro atoms. The summed E-state index contributed by atoms with van der Waals surface area (Å²) in [4.78, 5) is 32.9. The first-order valence-electron chi connectivity index (χ1n) is 22.0. The monoisotopic (exact) mass is 836 g/mol. The van der Waals surface area contributed by atoms with Crippen LogP contribution in [-0.2, 0) is 33.3 Å². The third-order valence-electron chi connectivity index (χ3n) is 11.2. The smallest absolute Gasteiger partial charge is 0.202 e. The number of benzene rings is 4. The summed E-state index contributed by atoms with van der Waals surface area (Å²) in [6.07, 6.45) is 15.6. The molecule has 0 heterocycles. The van der Waals surface area contributed by atoms with Gasteiger partial charge in [-0.2, -0.15) is 0 Å². The number of Topliss-reactive ketones (excluding diaryl/α,β-unsaturated/α-hetero) is 2. The van der Waals surface area contributed by atoms with Crippen molar-refractivity contribution in [3.8, 4) is 0 Å². The van der Waals surface area contributed by atoms with Crippen molar-refractivity contribution in [2.75, 3.05) is 10.6 Å². The Labute approximate surface area is 368 Å². The first kappa shape index (κ1) is 45.0. The van der Waals surface area contributed by atoms with Crippen molar-refractivity contribution < 1.29 is 9.59 Å². The molecular weight excluding hydrogens is 773 g/mol. The summed E-state index contributed by atoms with van der Waals surface area (Å²) in [5.41, 5.74) is 8.86. The highest BCUT2D eigenvalue weighted by molar-refractivity contribution is 8.04. The van der Waals surface area contributed by atoms with Gasteiger partial charge in [-0.05, 0) is 119 Å². The Kier molecular flexibility index (Phi) is 15.3. The maximum atomic E-state index is 14.9. The second-order valence-electron chi connectivity index (χ2n) is 18.3. The van der Waals surface area contributed by atoms with Crippen LogP contribution in [0.15, 0.2) is 151 Å². The van der Waals surface area contributed by atoms with E-state index in [1.165, 1.54) is 97.1 Å². The highest BCUT2D eigenvalue weighted by atomic mass is 32.2. The van der Waals surface area contributed by atoms with E-state index in [9.17, 15) is 9.59 Å². The summed E-state index contributed by atoms with van der Waals surface area (Å²) >= 11 is 2.89. The number of anilines is 2. The number of rotatable bonds is 18. The van der Waals surface area contributed by atoms with Gasteiger partial charge in [-0.1, -0.05) is 166 Å². The number of thioether (sulfide) groups is 2. The molecule has 4 aromatic rings. The largest absolute Gasteiger partial charge is 0.355 e. The lowest BCUT2D eigenvalue weighted by Crippen LogP contribution is -2.28. The third-order valence-corrected chi connectivity index (χ3v) is 13.3. The molecular formula is C54H64N2O2S2. The van der Waals surface area contributed by atoms with Gasteiger partial charge in [0, 0.05) is 21.2 Å². The van der Waals surface area contributed by atoms with E-state index in [0.29, 0.717) is 32.4 Å². The lowest BCUT2D eigenvalue weighted by Gasteiger charge is -2.28. The molecule has 2 aliphatic rings. The fraction of sp³-hybridized carbons (Fsp3) is 0.370. The first-order valence-corrected chi connectivity index (χ1v) is 23.7. The minimum absolute atomic E-state index is 0.0146. The number of ketones is 2. The van der Waals surface area contributed by atoms with Crippen LogP contribution in [-0.4, -0.2) is 11.6 Å². The minimum atomic E-state index is -0.166. The van der Waals surface area contributed by atoms with Gasteiger partial charge < -0.3 is 10.6 Å². The molecule has 0 radical (unpaired) electrons. The number of carbonyl (C=O) groups excluding carboxylic acids is 2. The van der Waals surface area contributed by atoms with Gasteiger partial charge >= 0.3 is 0 Å². The number of nitrogens with one attached hydrogen (secondary N) is 2. The highest BCUT2D eigenvalue weighted by Crippen LogP contribution is 2.44. The lowest BCUT2D eigenvalue weighted by molar-refractivity contribution is -0.114. The van der Waals surface area contributed by atoms with Crippen LogP contribution in [0.4, 0.5) is 11.4 Å². The Morgan fingerprint density at radius 1 is 0.450 bits per heavy atom. The molecule has 0 fully saturated rings. The van der Waals surface area contributed by atoms with Crippen molar-refractivity contribution in [3.05, 3.63) is 164 Å². The zero-order valence-corrected chi connectivity index (χ0v) is 38.7. The Balaban J connectivity index is 1.42. The molecule has 0 saturated heterocycles. The predicted molar refractivity (Wildman–Crippen MR) is 258 cm³/mol. The maximum absolute atomic E-state index is 14.9. The van der Waals surface area contributed by atoms with Gasteiger partial charge in [-0.25, -0.2) is 0 Å². The number of aryl methyl sites for hydroxylation is 2. The number of hydrogen-bond donors (Lipinski definition) is 2. The predicted octanol–water partition coefficient (Wildman–Crippen LogP) is 15.1. The summed E-state index contributed by atoms with van der Waals surface area (Å²) < 4.78 is 0. The SMILES string of the molecule is CCCCCCc1ccc(NC2=C3C(=O)C(Sc4ccc(C(C)(C)C)cc4)=CC(Nc4ccc(CCCCCC)cc4)=C3C(=O)C(Sc3ccc(C(C)(C)C)cc3)=C2)cc1. The van der Waals surface area contributed by atoms with E-state index in [-0.39, 0.29) is 22.4 Å². The lowest BCUT2D eigenvalue weighted by atomic mass is 9.86. The molecule has 0 amide bonds. The molecule has 0 aromatic heterocycles. The van der Waals surface area contributed by atoms with Crippen LogP contribution in [0.1, 0.15) is 129 Å². The fourth-order valence-electron chi connectivity index (χ4n) is 7.51. The Hall–Kier alpha value is -4.52. The molecule has 2 N–H and O–H groups in total. The second-order valence-corrected chi connectivity index (χ2v) is 20.5. The molecule has 0 unspecified atom stereocenters. The van der Waals surface area contributed by atoms with E-state index >= 15 is 0 Å². The molecule has 314 valence electrons. The van der Waals surface area contributed by atoms with Crippen LogP contribution in [0.25, 0.3) is 0 Å². The molecule has 0 atom stereocenters. The molecule has 2 aliphatic carbocycles. The van der Waals surface area contributed by atoms with Crippen molar-refractivity contribution in [1.29, 1.82) is 0 Å². The van der Waals surface area contributed by atoms with Crippen molar-refractivity contribution in [2.24, 2.45) is 0 Å². The number of hydrogen-bond acceptors (Lipinski definition) is 6. The zero-order chi connectivity index (χ0) is 42.9. The van der Waals surface area contributed by atoms with Crippen molar-refractivity contribution in [3.63, 3.8) is 0 Å². The highest BCUT2D eigenvalue weighted by Gasteiger charge is 2.38.